The number of hydrogen-bond donors (Lipinski definition) is 0. The van der Waals surface area contributed by atoms with Gasteiger partial charge in [0.1, 0.15) is 4.90 Å². The van der Waals surface area contributed by atoms with Gasteiger partial charge in [-0.25, -0.2) is 8.42 Å². The van der Waals surface area contributed by atoms with E-state index in [1.807, 2.05) is 0 Å². The predicted octanol–water partition coefficient (Wildman–Crippen LogP) is 1.74. The molecule has 1 aliphatic heterocycles. The summed E-state index contributed by atoms with van der Waals surface area (Å²) < 4.78 is 26.4. The summed E-state index contributed by atoms with van der Waals surface area (Å²) in [6.45, 7) is 0.272. The molecule has 0 aliphatic carbocycles. The molecule has 7 nitrogen and oxygen atoms in total. The molecule has 8 heteroatoms. The van der Waals surface area contributed by atoms with Crippen molar-refractivity contribution in [3.05, 3.63) is 58.4 Å². The molecule has 0 N–H and O–H groups in total. The van der Waals surface area contributed by atoms with Crippen LogP contribution in [0, 0.1) is 10.1 Å². The molecule has 0 bridgehead atoms. The predicted molar refractivity (Wildman–Crippen MR) is 75.6 cm³/mol. The Bertz CT molecular complexity index is 805. The van der Waals surface area contributed by atoms with Crippen molar-refractivity contribution in [1.29, 1.82) is 0 Å². The summed E-state index contributed by atoms with van der Waals surface area (Å²) in [5.74, 6) is 0. The largest absolute Gasteiger partial charge is 0.271 e. The number of sulfonamides is 1. The highest BCUT2D eigenvalue weighted by Gasteiger charge is 2.32. The van der Waals surface area contributed by atoms with Crippen LogP contribution in [0.3, 0.4) is 0 Å². The molecule has 0 fully saturated rings. The summed E-state index contributed by atoms with van der Waals surface area (Å²) in [5, 5.41) is 10.9. The fraction of sp³-hybridized carbons (Fsp3) is 0.154. The Hall–Kier alpha value is -2.48. The van der Waals surface area contributed by atoms with Crippen molar-refractivity contribution in [2.45, 2.75) is 11.3 Å². The third-order valence-corrected chi connectivity index (χ3v) is 5.15. The van der Waals surface area contributed by atoms with Gasteiger partial charge in [-0.1, -0.05) is 6.07 Å². The first-order valence-electron chi connectivity index (χ1n) is 6.20. The Morgan fingerprint density at radius 1 is 1.29 bits per heavy atom. The first kappa shape index (κ1) is 13.5. The van der Waals surface area contributed by atoms with E-state index in [1.54, 1.807) is 6.07 Å². The van der Waals surface area contributed by atoms with Crippen molar-refractivity contribution in [2.75, 3.05) is 10.8 Å². The number of pyridine rings is 1. The quantitative estimate of drug-likeness (QED) is 0.636. The monoisotopic (exact) mass is 305 g/mol. The molecular formula is C13H11N3O4S. The fourth-order valence-electron chi connectivity index (χ4n) is 2.33. The van der Waals surface area contributed by atoms with E-state index in [1.165, 1.54) is 41.0 Å². The van der Waals surface area contributed by atoms with Gasteiger partial charge < -0.3 is 0 Å². The van der Waals surface area contributed by atoms with Crippen molar-refractivity contribution in [3.63, 3.8) is 0 Å². The van der Waals surface area contributed by atoms with Gasteiger partial charge in [0.2, 0.25) is 0 Å². The Balaban J connectivity index is 2.08. The van der Waals surface area contributed by atoms with Crippen LogP contribution in [0.1, 0.15) is 5.56 Å². The lowest BCUT2D eigenvalue weighted by atomic mass is 10.1. The third kappa shape index (κ3) is 2.23. The molecule has 0 unspecified atom stereocenters. The fourth-order valence-corrected chi connectivity index (χ4v) is 3.79. The molecule has 1 aromatic carbocycles. The average molecular weight is 305 g/mol. The topological polar surface area (TPSA) is 93.4 Å². The Labute approximate surface area is 121 Å². The lowest BCUT2D eigenvalue weighted by Gasteiger charge is -2.19. The van der Waals surface area contributed by atoms with Crippen molar-refractivity contribution >= 4 is 21.4 Å². The summed E-state index contributed by atoms with van der Waals surface area (Å²) in [5.41, 5.74) is 1.03. The molecule has 0 amide bonds. The van der Waals surface area contributed by atoms with E-state index in [0.717, 1.165) is 5.56 Å². The van der Waals surface area contributed by atoms with Gasteiger partial charge in [-0.15, -0.1) is 0 Å². The number of non-ortho nitro benzene ring substituents is 1. The Kier molecular flexibility index (Phi) is 3.09. The van der Waals surface area contributed by atoms with Crippen LogP contribution in [-0.2, 0) is 16.4 Å². The van der Waals surface area contributed by atoms with E-state index in [2.05, 4.69) is 4.98 Å². The second-order valence-corrected chi connectivity index (χ2v) is 6.45. The zero-order valence-electron chi connectivity index (χ0n) is 10.8. The summed E-state index contributed by atoms with van der Waals surface area (Å²) in [6, 6.07) is 7.29. The number of benzene rings is 1. The minimum absolute atomic E-state index is 0.0735. The molecule has 0 radical (unpaired) electrons. The van der Waals surface area contributed by atoms with Crippen LogP contribution in [0.2, 0.25) is 0 Å². The zero-order chi connectivity index (χ0) is 15.0. The van der Waals surface area contributed by atoms with Gasteiger partial charge in [-0.05, 0) is 24.1 Å². The summed E-state index contributed by atoms with van der Waals surface area (Å²) in [6.07, 6.45) is 3.29. The summed E-state index contributed by atoms with van der Waals surface area (Å²) >= 11 is 0. The van der Waals surface area contributed by atoms with Gasteiger partial charge in [-0.2, -0.15) is 0 Å². The molecule has 1 aliphatic rings. The molecule has 2 aromatic rings. The lowest BCUT2D eigenvalue weighted by molar-refractivity contribution is -0.384. The zero-order valence-corrected chi connectivity index (χ0v) is 11.7. The highest BCUT2D eigenvalue weighted by atomic mass is 32.2. The minimum atomic E-state index is -3.75. The van der Waals surface area contributed by atoms with E-state index >= 15 is 0 Å². The first-order chi connectivity index (χ1) is 10.00. The van der Waals surface area contributed by atoms with Crippen LogP contribution in [0.15, 0.2) is 47.6 Å². The second kappa shape index (κ2) is 4.81. The van der Waals surface area contributed by atoms with Gasteiger partial charge >= 0.3 is 0 Å². The van der Waals surface area contributed by atoms with Crippen LogP contribution >= 0.6 is 0 Å². The molecule has 2 heterocycles. The molecular weight excluding hydrogens is 294 g/mol. The molecule has 21 heavy (non-hydrogen) atoms. The van der Waals surface area contributed by atoms with E-state index in [9.17, 15) is 18.5 Å². The number of hydrogen-bond acceptors (Lipinski definition) is 5. The van der Waals surface area contributed by atoms with Gasteiger partial charge in [0.15, 0.2) is 0 Å². The minimum Gasteiger partial charge on any atom is -0.265 e. The van der Waals surface area contributed by atoms with E-state index in [-0.39, 0.29) is 17.1 Å². The van der Waals surface area contributed by atoms with Crippen LogP contribution in [0.25, 0.3) is 0 Å². The lowest BCUT2D eigenvalue weighted by Crippen LogP contribution is -2.29. The van der Waals surface area contributed by atoms with Gasteiger partial charge in [0, 0.05) is 31.1 Å². The number of nitrogens with zero attached hydrogens (tertiary/aromatic N) is 3. The van der Waals surface area contributed by atoms with E-state index in [4.69, 9.17) is 0 Å². The molecule has 0 saturated heterocycles. The maximum atomic E-state index is 12.6. The molecule has 1 aromatic heterocycles. The summed E-state index contributed by atoms with van der Waals surface area (Å²) in [7, 11) is -3.75. The maximum absolute atomic E-state index is 12.6. The Morgan fingerprint density at radius 3 is 2.76 bits per heavy atom. The van der Waals surface area contributed by atoms with Gasteiger partial charge in [-0.3, -0.25) is 19.4 Å². The van der Waals surface area contributed by atoms with Gasteiger partial charge in [0.25, 0.3) is 15.7 Å². The van der Waals surface area contributed by atoms with Crippen LogP contribution in [0.5, 0.6) is 0 Å². The SMILES string of the molecule is O=[N+]([O-])c1ccc2c(c1)N(S(=O)(=O)c1cccnc1)CC2. The van der Waals surface area contributed by atoms with E-state index < -0.39 is 14.9 Å². The number of nitro benzene ring substituents is 1. The van der Waals surface area contributed by atoms with Crippen LogP contribution in [0.4, 0.5) is 11.4 Å². The van der Waals surface area contributed by atoms with Crippen LogP contribution < -0.4 is 4.31 Å². The number of rotatable bonds is 3. The van der Waals surface area contributed by atoms with Crippen molar-refractivity contribution < 1.29 is 13.3 Å². The van der Waals surface area contributed by atoms with Crippen molar-refractivity contribution in [1.82, 2.24) is 4.98 Å². The van der Waals surface area contributed by atoms with Crippen molar-refractivity contribution in [3.8, 4) is 0 Å². The molecule has 0 atom stereocenters. The number of fused-ring (bicyclic) bond motifs is 1. The molecule has 0 saturated carbocycles. The number of nitro groups is 1. The molecule has 108 valence electrons. The second-order valence-electron chi connectivity index (χ2n) is 4.59. The normalized spacial score (nSPS) is 14.0. The third-order valence-electron chi connectivity index (χ3n) is 3.36. The summed E-state index contributed by atoms with van der Waals surface area (Å²) in [4.78, 5) is 14.2. The molecule has 3 rings (SSSR count). The standard InChI is InChI=1S/C13H11N3O4S/c17-16(18)11-4-3-10-5-7-15(13(10)8-11)21(19,20)12-2-1-6-14-9-12/h1-4,6,8-9H,5,7H2. The molecule has 0 spiro atoms. The Morgan fingerprint density at radius 2 is 2.10 bits per heavy atom. The highest BCUT2D eigenvalue weighted by Crippen LogP contribution is 2.35. The maximum Gasteiger partial charge on any atom is 0.271 e. The number of anilines is 1. The van der Waals surface area contributed by atoms with Crippen molar-refractivity contribution in [2.24, 2.45) is 0 Å². The van der Waals surface area contributed by atoms with Crippen LogP contribution in [-0.4, -0.2) is 24.9 Å². The average Bonchev–Trinajstić information content (AvgIpc) is 2.91. The highest BCUT2D eigenvalue weighted by molar-refractivity contribution is 7.92. The smallest absolute Gasteiger partial charge is 0.265 e. The van der Waals surface area contributed by atoms with Gasteiger partial charge in [0.05, 0.1) is 10.6 Å². The number of aromatic nitrogens is 1. The first-order valence-corrected chi connectivity index (χ1v) is 7.64. The van der Waals surface area contributed by atoms with E-state index in [0.29, 0.717) is 12.1 Å².